The smallest absolute Gasteiger partial charge is 0.347 e. The van der Waals surface area contributed by atoms with Crippen LogP contribution < -0.4 is 10.5 Å². The van der Waals surface area contributed by atoms with E-state index in [4.69, 9.17) is 14.2 Å². The van der Waals surface area contributed by atoms with Crippen LogP contribution in [0.4, 0.5) is 5.82 Å². The number of ether oxygens (including phenoxy) is 3. The first-order chi connectivity index (χ1) is 14.4. The van der Waals surface area contributed by atoms with Crippen LogP contribution in [-0.2, 0) is 32.3 Å². The first-order valence-electron chi connectivity index (χ1n) is 9.66. The van der Waals surface area contributed by atoms with Crippen molar-refractivity contribution in [2.75, 3.05) is 31.7 Å². The average Bonchev–Trinajstić information content (AvgIpc) is 2.71. The number of likely N-dealkylation sites (N-methyl/N-ethyl adjacent to an activating group) is 1. The van der Waals surface area contributed by atoms with Crippen molar-refractivity contribution in [3.05, 3.63) is 57.6 Å². The van der Waals surface area contributed by atoms with E-state index in [9.17, 15) is 14.4 Å². The van der Waals surface area contributed by atoms with E-state index in [1.165, 1.54) is 9.47 Å². The van der Waals surface area contributed by atoms with E-state index in [-0.39, 0.29) is 37.9 Å². The van der Waals surface area contributed by atoms with E-state index in [2.05, 4.69) is 4.98 Å². The molecule has 0 unspecified atom stereocenters. The van der Waals surface area contributed by atoms with Crippen molar-refractivity contribution in [3.63, 3.8) is 0 Å². The summed E-state index contributed by atoms with van der Waals surface area (Å²) in [6, 6.07) is 9.51. The number of hydrogen-bond donors (Lipinski definition) is 0. The highest BCUT2D eigenvalue weighted by Crippen LogP contribution is 2.16. The molecular formula is C21H27N3O6. The van der Waals surface area contributed by atoms with Gasteiger partial charge in [-0.25, -0.2) is 9.78 Å². The Morgan fingerprint density at radius 1 is 1.10 bits per heavy atom. The minimum absolute atomic E-state index is 0.0586. The summed E-state index contributed by atoms with van der Waals surface area (Å²) >= 11 is 0. The van der Waals surface area contributed by atoms with Crippen LogP contribution in [0.2, 0.25) is 0 Å². The van der Waals surface area contributed by atoms with Crippen molar-refractivity contribution >= 4 is 17.8 Å². The molecule has 0 atom stereocenters. The molecule has 9 heteroatoms. The average molecular weight is 417 g/mol. The standard InChI is InChI=1S/C21H27N3O6/c1-5-29-17(25)12-23(4)19-18(21(27)30-6-2)20(26)24(15(3)22-19)14-28-13-16-10-8-7-9-11-16/h7-11H,5-6,12-14H2,1-4H3. The summed E-state index contributed by atoms with van der Waals surface area (Å²) in [5.41, 5.74) is 0.102. The van der Waals surface area contributed by atoms with Crippen LogP contribution in [0, 0.1) is 6.92 Å². The number of aromatic nitrogens is 2. The van der Waals surface area contributed by atoms with E-state index < -0.39 is 17.5 Å². The van der Waals surface area contributed by atoms with Crippen molar-refractivity contribution in [1.82, 2.24) is 9.55 Å². The van der Waals surface area contributed by atoms with Gasteiger partial charge in [0, 0.05) is 7.05 Å². The Hall–Kier alpha value is -3.20. The Labute approximate surface area is 175 Å². The molecule has 0 bridgehead atoms. The van der Waals surface area contributed by atoms with E-state index >= 15 is 0 Å². The quantitative estimate of drug-likeness (QED) is 0.541. The highest BCUT2D eigenvalue weighted by atomic mass is 16.5. The predicted octanol–water partition coefficient (Wildman–Crippen LogP) is 1.90. The summed E-state index contributed by atoms with van der Waals surface area (Å²) in [6.45, 7) is 5.34. The Kier molecular flexibility index (Phi) is 8.54. The van der Waals surface area contributed by atoms with Crippen LogP contribution in [0.1, 0.15) is 35.6 Å². The second kappa shape index (κ2) is 11.1. The number of benzene rings is 1. The molecule has 0 fully saturated rings. The van der Waals surface area contributed by atoms with Gasteiger partial charge >= 0.3 is 11.9 Å². The van der Waals surface area contributed by atoms with Gasteiger partial charge in [-0.3, -0.25) is 14.2 Å². The van der Waals surface area contributed by atoms with Gasteiger partial charge in [0.1, 0.15) is 19.1 Å². The normalized spacial score (nSPS) is 10.5. The molecule has 0 amide bonds. The van der Waals surface area contributed by atoms with Gasteiger partial charge in [0.2, 0.25) is 0 Å². The lowest BCUT2D eigenvalue weighted by Gasteiger charge is -2.21. The summed E-state index contributed by atoms with van der Waals surface area (Å²) < 4.78 is 16.9. The lowest BCUT2D eigenvalue weighted by Crippen LogP contribution is -2.37. The highest BCUT2D eigenvalue weighted by Gasteiger charge is 2.26. The fraction of sp³-hybridized carbons (Fsp3) is 0.429. The zero-order valence-electron chi connectivity index (χ0n) is 17.7. The van der Waals surface area contributed by atoms with Crippen LogP contribution in [-0.4, -0.2) is 48.3 Å². The largest absolute Gasteiger partial charge is 0.465 e. The third kappa shape index (κ3) is 5.90. The monoisotopic (exact) mass is 417 g/mol. The Bertz CT molecular complexity index is 926. The maximum atomic E-state index is 13.1. The minimum Gasteiger partial charge on any atom is -0.465 e. The van der Waals surface area contributed by atoms with E-state index in [0.717, 1.165) is 5.56 Å². The SMILES string of the molecule is CCOC(=O)CN(C)c1nc(C)n(COCc2ccccc2)c(=O)c1C(=O)OCC. The molecule has 162 valence electrons. The van der Waals surface area contributed by atoms with Gasteiger partial charge < -0.3 is 19.1 Å². The second-order valence-electron chi connectivity index (χ2n) is 6.44. The number of carbonyl (C=O) groups is 2. The highest BCUT2D eigenvalue weighted by molar-refractivity contribution is 5.95. The second-order valence-corrected chi connectivity index (χ2v) is 6.44. The lowest BCUT2D eigenvalue weighted by atomic mass is 10.2. The Morgan fingerprint density at radius 3 is 2.40 bits per heavy atom. The van der Waals surface area contributed by atoms with Crippen molar-refractivity contribution in [1.29, 1.82) is 0 Å². The predicted molar refractivity (Wildman–Crippen MR) is 110 cm³/mol. The molecule has 0 saturated heterocycles. The third-order valence-electron chi connectivity index (χ3n) is 4.19. The number of hydrogen-bond acceptors (Lipinski definition) is 8. The van der Waals surface area contributed by atoms with Gasteiger partial charge in [0.15, 0.2) is 11.4 Å². The van der Waals surface area contributed by atoms with E-state index in [1.54, 1.807) is 27.8 Å². The maximum absolute atomic E-state index is 13.1. The van der Waals surface area contributed by atoms with Crippen molar-refractivity contribution in [3.8, 4) is 0 Å². The molecule has 2 aromatic rings. The van der Waals surface area contributed by atoms with Crippen molar-refractivity contribution in [2.45, 2.75) is 34.1 Å². The number of rotatable bonds is 10. The summed E-state index contributed by atoms with van der Waals surface area (Å²) in [5, 5.41) is 0. The van der Waals surface area contributed by atoms with Gasteiger partial charge in [-0.2, -0.15) is 0 Å². The summed E-state index contributed by atoms with van der Waals surface area (Å²) in [6.07, 6.45) is 0. The zero-order chi connectivity index (χ0) is 22.1. The first kappa shape index (κ1) is 23.1. The molecular weight excluding hydrogens is 390 g/mol. The van der Waals surface area contributed by atoms with Gasteiger partial charge in [-0.1, -0.05) is 30.3 Å². The molecule has 2 rings (SSSR count). The van der Waals surface area contributed by atoms with Crippen molar-refractivity contribution < 1.29 is 23.8 Å². The number of esters is 2. The molecule has 0 aliphatic rings. The minimum atomic E-state index is -0.808. The molecule has 30 heavy (non-hydrogen) atoms. The van der Waals surface area contributed by atoms with Gasteiger partial charge in [0.05, 0.1) is 19.8 Å². The molecule has 1 aromatic heterocycles. The van der Waals surface area contributed by atoms with E-state index in [1.807, 2.05) is 30.3 Å². The van der Waals surface area contributed by atoms with Crippen LogP contribution in [0.15, 0.2) is 35.1 Å². The topological polar surface area (TPSA) is 100.0 Å². The maximum Gasteiger partial charge on any atom is 0.347 e. The molecule has 0 aliphatic heterocycles. The van der Waals surface area contributed by atoms with Crippen molar-refractivity contribution in [2.24, 2.45) is 0 Å². The Morgan fingerprint density at radius 2 is 1.77 bits per heavy atom. The number of anilines is 1. The fourth-order valence-electron chi connectivity index (χ4n) is 2.76. The molecule has 1 heterocycles. The van der Waals surface area contributed by atoms with Crippen LogP contribution in [0.5, 0.6) is 0 Å². The lowest BCUT2D eigenvalue weighted by molar-refractivity contribution is -0.141. The van der Waals surface area contributed by atoms with E-state index in [0.29, 0.717) is 12.4 Å². The van der Waals surface area contributed by atoms with Crippen LogP contribution in [0.25, 0.3) is 0 Å². The molecule has 1 aromatic carbocycles. The van der Waals surface area contributed by atoms with Crippen LogP contribution in [0.3, 0.4) is 0 Å². The molecule has 9 nitrogen and oxygen atoms in total. The molecule has 0 saturated carbocycles. The number of aryl methyl sites for hydroxylation is 1. The summed E-state index contributed by atoms with van der Waals surface area (Å²) in [7, 11) is 1.55. The molecule has 0 spiro atoms. The summed E-state index contributed by atoms with van der Waals surface area (Å²) in [5.74, 6) is -0.905. The Balaban J connectivity index is 2.33. The number of nitrogens with zero attached hydrogens (tertiary/aromatic N) is 3. The third-order valence-corrected chi connectivity index (χ3v) is 4.19. The van der Waals surface area contributed by atoms with Gasteiger partial charge in [-0.15, -0.1) is 0 Å². The summed E-state index contributed by atoms with van der Waals surface area (Å²) in [4.78, 5) is 43.2. The van der Waals surface area contributed by atoms with Gasteiger partial charge in [0.25, 0.3) is 5.56 Å². The zero-order valence-corrected chi connectivity index (χ0v) is 17.7. The molecule has 0 radical (unpaired) electrons. The molecule has 0 N–H and O–H groups in total. The fourth-order valence-corrected chi connectivity index (χ4v) is 2.76. The first-order valence-corrected chi connectivity index (χ1v) is 9.66. The van der Waals surface area contributed by atoms with Crippen LogP contribution >= 0.6 is 0 Å². The van der Waals surface area contributed by atoms with Gasteiger partial charge in [-0.05, 0) is 26.3 Å². The number of carbonyl (C=O) groups excluding carboxylic acids is 2. The molecule has 0 aliphatic carbocycles.